The quantitative estimate of drug-likeness (QED) is 0.750. The van der Waals surface area contributed by atoms with Crippen LogP contribution in [0.5, 0.6) is 5.75 Å². The molecule has 0 spiro atoms. The molecule has 0 aliphatic rings. The summed E-state index contributed by atoms with van der Waals surface area (Å²) >= 11 is 0. The van der Waals surface area contributed by atoms with E-state index in [1.165, 1.54) is 16.7 Å². The van der Waals surface area contributed by atoms with E-state index in [0.717, 1.165) is 22.4 Å². The number of ether oxygens (including phenoxy) is 1. The first-order chi connectivity index (χ1) is 10.9. The third-order valence-corrected chi connectivity index (χ3v) is 4.22. The van der Waals surface area contributed by atoms with Crippen LogP contribution in [0.2, 0.25) is 0 Å². The Bertz CT molecular complexity index is 717. The highest BCUT2D eigenvalue weighted by molar-refractivity contribution is 5.43. The number of nitrogens with zero attached hydrogens (tertiary/aromatic N) is 1. The zero-order valence-electron chi connectivity index (χ0n) is 14.7. The molecule has 0 aromatic heterocycles. The Kier molecular flexibility index (Phi) is 5.45. The van der Waals surface area contributed by atoms with E-state index in [1.54, 1.807) is 0 Å². The van der Waals surface area contributed by atoms with Gasteiger partial charge in [0.1, 0.15) is 5.75 Å². The fraction of sp³-hybridized carbons (Fsp3) is 0.381. The second-order valence-electron chi connectivity index (χ2n) is 6.41. The van der Waals surface area contributed by atoms with Crippen molar-refractivity contribution in [1.29, 1.82) is 5.26 Å². The zero-order valence-corrected chi connectivity index (χ0v) is 14.7. The lowest BCUT2D eigenvalue weighted by molar-refractivity contribution is 0.302. The molecular weight excluding hydrogens is 282 g/mol. The van der Waals surface area contributed by atoms with Crippen molar-refractivity contribution in [3.63, 3.8) is 0 Å². The monoisotopic (exact) mass is 307 g/mol. The SMILES string of the molecule is Cc1cc(C)c(OCCC(C#N)c2cc(C)ccc2C)c(C)c1. The lowest BCUT2D eigenvalue weighted by atomic mass is 9.92. The third kappa shape index (κ3) is 4.13. The smallest absolute Gasteiger partial charge is 0.125 e. The Hall–Kier alpha value is -2.27. The molecule has 2 rings (SSSR count). The first kappa shape index (κ1) is 17.1. The van der Waals surface area contributed by atoms with Gasteiger partial charge in [-0.15, -0.1) is 0 Å². The first-order valence-electron chi connectivity index (χ1n) is 8.09. The molecule has 0 bridgehead atoms. The Morgan fingerprint density at radius 2 is 1.57 bits per heavy atom. The molecule has 1 atom stereocenters. The summed E-state index contributed by atoms with van der Waals surface area (Å²) in [5.41, 5.74) is 7.04. The lowest BCUT2D eigenvalue weighted by Gasteiger charge is -2.16. The fourth-order valence-corrected chi connectivity index (χ4v) is 3.10. The van der Waals surface area contributed by atoms with Crippen LogP contribution in [0, 0.1) is 45.9 Å². The molecule has 2 aromatic rings. The number of nitriles is 1. The molecule has 1 unspecified atom stereocenters. The van der Waals surface area contributed by atoms with Crippen molar-refractivity contribution in [2.75, 3.05) is 6.61 Å². The fourth-order valence-electron chi connectivity index (χ4n) is 3.10. The van der Waals surface area contributed by atoms with E-state index < -0.39 is 0 Å². The van der Waals surface area contributed by atoms with Gasteiger partial charge in [0.05, 0.1) is 18.6 Å². The molecule has 0 fully saturated rings. The molecule has 0 saturated heterocycles. The minimum absolute atomic E-state index is 0.124. The van der Waals surface area contributed by atoms with E-state index in [2.05, 4.69) is 71.0 Å². The van der Waals surface area contributed by atoms with Gasteiger partial charge in [0, 0.05) is 6.42 Å². The zero-order chi connectivity index (χ0) is 17.0. The molecule has 2 aromatic carbocycles. The van der Waals surface area contributed by atoms with E-state index in [4.69, 9.17) is 4.74 Å². The van der Waals surface area contributed by atoms with Gasteiger partial charge in [-0.2, -0.15) is 5.26 Å². The molecular formula is C21H25NO. The van der Waals surface area contributed by atoms with E-state index in [0.29, 0.717) is 13.0 Å². The highest BCUT2D eigenvalue weighted by Crippen LogP contribution is 2.27. The van der Waals surface area contributed by atoms with Crippen molar-refractivity contribution in [2.45, 2.75) is 47.0 Å². The van der Waals surface area contributed by atoms with E-state index >= 15 is 0 Å². The maximum absolute atomic E-state index is 9.53. The van der Waals surface area contributed by atoms with Crippen LogP contribution in [0.25, 0.3) is 0 Å². The maximum atomic E-state index is 9.53. The Balaban J connectivity index is 2.08. The molecule has 0 aliphatic carbocycles. The average molecular weight is 307 g/mol. The summed E-state index contributed by atoms with van der Waals surface area (Å²) in [6, 6.07) is 13.0. The Morgan fingerprint density at radius 3 is 2.17 bits per heavy atom. The summed E-state index contributed by atoms with van der Waals surface area (Å²) in [7, 11) is 0. The second-order valence-corrected chi connectivity index (χ2v) is 6.41. The van der Waals surface area contributed by atoms with Crippen molar-refractivity contribution < 1.29 is 4.74 Å². The van der Waals surface area contributed by atoms with Gasteiger partial charge in [-0.05, 0) is 56.9 Å². The van der Waals surface area contributed by atoms with Crippen LogP contribution in [0.15, 0.2) is 30.3 Å². The summed E-state index contributed by atoms with van der Waals surface area (Å²) in [5.74, 6) is 0.828. The predicted octanol–water partition coefficient (Wildman–Crippen LogP) is 5.30. The number of aryl methyl sites for hydroxylation is 5. The lowest BCUT2D eigenvalue weighted by Crippen LogP contribution is -2.07. The molecule has 0 radical (unpaired) electrons. The van der Waals surface area contributed by atoms with Gasteiger partial charge in [-0.3, -0.25) is 0 Å². The minimum atomic E-state index is -0.124. The van der Waals surface area contributed by atoms with Crippen LogP contribution >= 0.6 is 0 Å². The molecule has 120 valence electrons. The summed E-state index contributed by atoms with van der Waals surface area (Å²) in [6.07, 6.45) is 0.702. The van der Waals surface area contributed by atoms with Gasteiger partial charge < -0.3 is 4.74 Å². The van der Waals surface area contributed by atoms with Gasteiger partial charge in [-0.1, -0.05) is 41.5 Å². The standard InChI is InChI=1S/C21H25NO/c1-14-6-7-16(3)20(12-14)19(13-22)8-9-23-21-17(4)10-15(2)11-18(21)5/h6-7,10-12,19H,8-9H2,1-5H3. The van der Waals surface area contributed by atoms with Crippen molar-refractivity contribution >= 4 is 0 Å². The van der Waals surface area contributed by atoms with Crippen molar-refractivity contribution in [3.05, 3.63) is 63.7 Å². The highest BCUT2D eigenvalue weighted by Gasteiger charge is 2.14. The summed E-state index contributed by atoms with van der Waals surface area (Å²) < 4.78 is 6.00. The predicted molar refractivity (Wildman–Crippen MR) is 95.0 cm³/mol. The second kappa shape index (κ2) is 7.33. The van der Waals surface area contributed by atoms with Crippen LogP contribution in [0.3, 0.4) is 0 Å². The first-order valence-corrected chi connectivity index (χ1v) is 8.09. The van der Waals surface area contributed by atoms with Crippen molar-refractivity contribution in [1.82, 2.24) is 0 Å². The molecule has 23 heavy (non-hydrogen) atoms. The van der Waals surface area contributed by atoms with Crippen LogP contribution in [-0.2, 0) is 0 Å². The molecule has 0 saturated carbocycles. The van der Waals surface area contributed by atoms with Gasteiger partial charge in [0.2, 0.25) is 0 Å². The maximum Gasteiger partial charge on any atom is 0.125 e. The van der Waals surface area contributed by atoms with Crippen LogP contribution in [0.1, 0.15) is 45.7 Å². The normalized spacial score (nSPS) is 11.8. The van der Waals surface area contributed by atoms with Gasteiger partial charge in [0.25, 0.3) is 0 Å². The van der Waals surface area contributed by atoms with Crippen LogP contribution in [-0.4, -0.2) is 6.61 Å². The van der Waals surface area contributed by atoms with Gasteiger partial charge in [-0.25, -0.2) is 0 Å². The van der Waals surface area contributed by atoms with E-state index in [9.17, 15) is 5.26 Å². The topological polar surface area (TPSA) is 33.0 Å². The highest BCUT2D eigenvalue weighted by atomic mass is 16.5. The molecule has 0 heterocycles. The van der Waals surface area contributed by atoms with Crippen molar-refractivity contribution in [3.8, 4) is 11.8 Å². The third-order valence-electron chi connectivity index (χ3n) is 4.22. The molecule has 0 amide bonds. The van der Waals surface area contributed by atoms with Crippen LogP contribution < -0.4 is 4.74 Å². The summed E-state index contributed by atoms with van der Waals surface area (Å²) in [4.78, 5) is 0. The Morgan fingerprint density at radius 1 is 0.913 bits per heavy atom. The molecule has 0 N–H and O–H groups in total. The largest absolute Gasteiger partial charge is 0.493 e. The summed E-state index contributed by atoms with van der Waals surface area (Å²) in [5, 5.41) is 9.53. The summed E-state index contributed by atoms with van der Waals surface area (Å²) in [6.45, 7) is 10.9. The molecule has 2 heteroatoms. The number of hydrogen-bond donors (Lipinski definition) is 0. The van der Waals surface area contributed by atoms with Crippen LogP contribution in [0.4, 0.5) is 0 Å². The molecule has 2 nitrogen and oxygen atoms in total. The van der Waals surface area contributed by atoms with Crippen molar-refractivity contribution in [2.24, 2.45) is 0 Å². The number of benzene rings is 2. The Labute approximate surface area is 139 Å². The number of rotatable bonds is 5. The van der Waals surface area contributed by atoms with Gasteiger partial charge >= 0.3 is 0 Å². The molecule has 0 aliphatic heterocycles. The van der Waals surface area contributed by atoms with E-state index in [1.807, 2.05) is 0 Å². The van der Waals surface area contributed by atoms with Gasteiger partial charge in [0.15, 0.2) is 0 Å². The average Bonchev–Trinajstić information content (AvgIpc) is 2.48. The van der Waals surface area contributed by atoms with E-state index in [-0.39, 0.29) is 5.92 Å². The minimum Gasteiger partial charge on any atom is -0.493 e. The number of hydrogen-bond acceptors (Lipinski definition) is 2.